The van der Waals surface area contributed by atoms with E-state index in [-0.39, 0.29) is 0 Å². The maximum Gasteiger partial charge on any atom is 0.00613 e. The van der Waals surface area contributed by atoms with Crippen LogP contribution in [0, 0.1) is 0 Å². The molecule has 2 nitrogen and oxygen atoms in total. The van der Waals surface area contributed by atoms with Crippen molar-refractivity contribution in [2.75, 3.05) is 34.7 Å². The first kappa shape index (κ1) is 10.9. The van der Waals surface area contributed by atoms with Crippen molar-refractivity contribution in [3.8, 4) is 0 Å². The maximum absolute atomic E-state index is 2.27. The third-order valence-electron chi connectivity index (χ3n) is 2.11. The Labute approximate surface area is 71.2 Å². The highest BCUT2D eigenvalue weighted by atomic mass is 15.1. The molecule has 0 aromatic carbocycles. The lowest BCUT2D eigenvalue weighted by atomic mass is 10.1. The van der Waals surface area contributed by atoms with Crippen molar-refractivity contribution in [2.45, 2.75) is 25.8 Å². The van der Waals surface area contributed by atoms with Crippen LogP contribution in [0.1, 0.15) is 19.8 Å². The molecule has 0 fully saturated rings. The van der Waals surface area contributed by atoms with Gasteiger partial charge in [0.1, 0.15) is 0 Å². The van der Waals surface area contributed by atoms with Crippen LogP contribution in [0.25, 0.3) is 0 Å². The second kappa shape index (κ2) is 5.56. The molecule has 0 bridgehead atoms. The van der Waals surface area contributed by atoms with E-state index in [1.807, 2.05) is 0 Å². The van der Waals surface area contributed by atoms with Gasteiger partial charge in [-0.25, -0.2) is 0 Å². The zero-order chi connectivity index (χ0) is 8.85. The van der Waals surface area contributed by atoms with E-state index < -0.39 is 0 Å². The minimum atomic E-state index is 0.718. The van der Waals surface area contributed by atoms with E-state index in [4.69, 9.17) is 0 Å². The summed E-state index contributed by atoms with van der Waals surface area (Å²) >= 11 is 0. The zero-order valence-electron chi connectivity index (χ0n) is 8.59. The summed E-state index contributed by atoms with van der Waals surface area (Å²) in [5.41, 5.74) is 0. The molecule has 0 aromatic rings. The normalized spacial score (nSPS) is 14.5. The molecule has 0 aliphatic heterocycles. The van der Waals surface area contributed by atoms with Crippen LogP contribution in [-0.2, 0) is 0 Å². The van der Waals surface area contributed by atoms with Gasteiger partial charge < -0.3 is 9.80 Å². The average Bonchev–Trinajstić information content (AvgIpc) is 1.86. The Balaban J connectivity index is 3.24. The summed E-state index contributed by atoms with van der Waals surface area (Å²) in [5.74, 6) is 0. The van der Waals surface area contributed by atoms with E-state index >= 15 is 0 Å². The highest BCUT2D eigenvalue weighted by molar-refractivity contribution is 4.59. The fourth-order valence-electron chi connectivity index (χ4n) is 0.961. The highest BCUT2D eigenvalue weighted by Gasteiger charge is 2.03. The first-order valence-electron chi connectivity index (χ1n) is 4.35. The lowest BCUT2D eigenvalue weighted by Crippen LogP contribution is -2.25. The van der Waals surface area contributed by atoms with Gasteiger partial charge in [0.05, 0.1) is 0 Å². The molecular weight excluding hydrogens is 136 g/mol. The largest absolute Gasteiger partial charge is 0.309 e. The standard InChI is InChI=1S/C9H22N2/c1-9(11(4)5)7-6-8-10(2)3/h9H,6-8H2,1-5H3. The predicted molar refractivity (Wildman–Crippen MR) is 50.9 cm³/mol. The summed E-state index contributed by atoms with van der Waals surface area (Å²) in [6.45, 7) is 3.48. The summed E-state index contributed by atoms with van der Waals surface area (Å²) in [6.07, 6.45) is 2.59. The molecule has 0 aromatic heterocycles. The molecule has 0 radical (unpaired) electrons. The van der Waals surface area contributed by atoms with Crippen LogP contribution in [0.2, 0.25) is 0 Å². The quantitative estimate of drug-likeness (QED) is 0.594. The molecule has 0 aliphatic rings. The number of nitrogens with zero attached hydrogens (tertiary/aromatic N) is 2. The van der Waals surface area contributed by atoms with Crippen molar-refractivity contribution in [1.29, 1.82) is 0 Å². The van der Waals surface area contributed by atoms with Gasteiger partial charge in [0.15, 0.2) is 0 Å². The molecule has 0 amide bonds. The second-order valence-corrected chi connectivity index (χ2v) is 3.76. The van der Waals surface area contributed by atoms with Crippen molar-refractivity contribution < 1.29 is 0 Å². The topological polar surface area (TPSA) is 6.48 Å². The SMILES string of the molecule is CC(CCCN(C)C)N(C)C. The van der Waals surface area contributed by atoms with Gasteiger partial charge in [-0.1, -0.05) is 0 Å². The van der Waals surface area contributed by atoms with E-state index in [1.54, 1.807) is 0 Å². The number of rotatable bonds is 5. The van der Waals surface area contributed by atoms with Gasteiger partial charge >= 0.3 is 0 Å². The van der Waals surface area contributed by atoms with Crippen LogP contribution >= 0.6 is 0 Å². The van der Waals surface area contributed by atoms with Crippen LogP contribution < -0.4 is 0 Å². The van der Waals surface area contributed by atoms with Crippen LogP contribution in [0.15, 0.2) is 0 Å². The molecule has 1 atom stereocenters. The Morgan fingerprint density at radius 2 is 1.64 bits per heavy atom. The molecular formula is C9H22N2. The smallest absolute Gasteiger partial charge is 0.00613 e. The maximum atomic E-state index is 2.27. The Kier molecular flexibility index (Phi) is 5.51. The van der Waals surface area contributed by atoms with Gasteiger partial charge in [-0.15, -0.1) is 0 Å². The third-order valence-corrected chi connectivity index (χ3v) is 2.11. The van der Waals surface area contributed by atoms with Gasteiger partial charge in [-0.3, -0.25) is 0 Å². The molecule has 68 valence electrons. The van der Waals surface area contributed by atoms with Gasteiger partial charge in [0, 0.05) is 6.04 Å². The first-order valence-corrected chi connectivity index (χ1v) is 4.35. The average molecular weight is 158 g/mol. The van der Waals surface area contributed by atoms with Crippen LogP contribution in [0.4, 0.5) is 0 Å². The van der Waals surface area contributed by atoms with Crippen molar-refractivity contribution >= 4 is 0 Å². The summed E-state index contributed by atoms with van der Waals surface area (Å²) in [6, 6.07) is 0.718. The molecule has 0 heterocycles. The fraction of sp³-hybridized carbons (Fsp3) is 1.00. The van der Waals surface area contributed by atoms with Crippen molar-refractivity contribution in [3.63, 3.8) is 0 Å². The first-order chi connectivity index (χ1) is 5.04. The summed E-state index contributed by atoms with van der Waals surface area (Å²) in [7, 11) is 8.53. The Morgan fingerprint density at radius 3 is 2.00 bits per heavy atom. The van der Waals surface area contributed by atoms with Crippen LogP contribution in [0.5, 0.6) is 0 Å². The van der Waals surface area contributed by atoms with Crippen molar-refractivity contribution in [3.05, 3.63) is 0 Å². The summed E-state index contributed by atoms with van der Waals surface area (Å²) in [5, 5.41) is 0. The zero-order valence-corrected chi connectivity index (χ0v) is 8.59. The van der Waals surface area contributed by atoms with Crippen molar-refractivity contribution in [1.82, 2.24) is 9.80 Å². The van der Waals surface area contributed by atoms with Crippen LogP contribution in [0.3, 0.4) is 0 Å². The van der Waals surface area contributed by atoms with E-state index in [9.17, 15) is 0 Å². The molecule has 0 saturated carbocycles. The van der Waals surface area contributed by atoms with E-state index in [2.05, 4.69) is 44.9 Å². The Hall–Kier alpha value is -0.0800. The summed E-state index contributed by atoms with van der Waals surface area (Å²) in [4.78, 5) is 4.51. The van der Waals surface area contributed by atoms with Crippen molar-refractivity contribution in [2.24, 2.45) is 0 Å². The van der Waals surface area contributed by atoms with Gasteiger partial charge in [0.2, 0.25) is 0 Å². The predicted octanol–water partition coefficient (Wildman–Crippen LogP) is 1.28. The molecule has 0 N–H and O–H groups in total. The highest BCUT2D eigenvalue weighted by Crippen LogP contribution is 2.01. The lowest BCUT2D eigenvalue weighted by Gasteiger charge is -2.20. The van der Waals surface area contributed by atoms with E-state index in [0.717, 1.165) is 6.04 Å². The lowest BCUT2D eigenvalue weighted by molar-refractivity contribution is 0.280. The van der Waals surface area contributed by atoms with Gasteiger partial charge in [-0.2, -0.15) is 0 Å². The molecule has 0 spiro atoms. The minimum Gasteiger partial charge on any atom is -0.309 e. The molecule has 0 saturated heterocycles. The Bertz CT molecular complexity index is 89.6. The van der Waals surface area contributed by atoms with E-state index in [0.29, 0.717) is 0 Å². The molecule has 1 unspecified atom stereocenters. The monoisotopic (exact) mass is 158 g/mol. The number of hydrogen-bond donors (Lipinski definition) is 0. The van der Waals surface area contributed by atoms with Gasteiger partial charge in [0.25, 0.3) is 0 Å². The molecule has 0 rings (SSSR count). The third kappa shape index (κ3) is 6.32. The number of hydrogen-bond acceptors (Lipinski definition) is 2. The van der Waals surface area contributed by atoms with E-state index in [1.165, 1.54) is 19.4 Å². The van der Waals surface area contributed by atoms with Gasteiger partial charge in [-0.05, 0) is 54.5 Å². The Morgan fingerprint density at radius 1 is 1.09 bits per heavy atom. The van der Waals surface area contributed by atoms with Crippen LogP contribution in [-0.4, -0.2) is 50.6 Å². The summed E-state index contributed by atoms with van der Waals surface area (Å²) < 4.78 is 0. The minimum absolute atomic E-state index is 0.718. The fourth-order valence-corrected chi connectivity index (χ4v) is 0.961. The second-order valence-electron chi connectivity index (χ2n) is 3.76. The molecule has 2 heteroatoms. The molecule has 11 heavy (non-hydrogen) atoms. The molecule has 0 aliphatic carbocycles.